The molecular formula is C19H23N5OS. The molecule has 0 aliphatic heterocycles. The molecule has 0 radical (unpaired) electrons. The van der Waals surface area contributed by atoms with E-state index in [1.807, 2.05) is 51.2 Å². The fourth-order valence-electron chi connectivity index (χ4n) is 2.85. The molecule has 0 saturated heterocycles. The summed E-state index contributed by atoms with van der Waals surface area (Å²) in [4.78, 5) is 23.3. The van der Waals surface area contributed by atoms with Crippen LogP contribution in [0, 0.1) is 13.8 Å². The van der Waals surface area contributed by atoms with Crippen molar-refractivity contribution in [1.29, 1.82) is 0 Å². The van der Waals surface area contributed by atoms with Crippen molar-refractivity contribution in [1.82, 2.24) is 24.5 Å². The van der Waals surface area contributed by atoms with E-state index in [2.05, 4.69) is 22.0 Å². The Labute approximate surface area is 157 Å². The lowest BCUT2D eigenvalue weighted by Crippen LogP contribution is -2.28. The largest absolute Gasteiger partial charge is 0.342 e. The zero-order chi connectivity index (χ0) is 18.7. The van der Waals surface area contributed by atoms with Gasteiger partial charge in [-0.05, 0) is 38.0 Å². The van der Waals surface area contributed by atoms with Crippen LogP contribution >= 0.6 is 11.8 Å². The van der Waals surface area contributed by atoms with Crippen LogP contribution in [0.3, 0.4) is 0 Å². The predicted octanol–water partition coefficient (Wildman–Crippen LogP) is 3.52. The predicted molar refractivity (Wildman–Crippen MR) is 104 cm³/mol. The summed E-state index contributed by atoms with van der Waals surface area (Å²) in [5.41, 5.74) is 3.66. The SMILES string of the molecule is CCCN(C)C(=O)c1ccccc1CSc1nc2nc(C)cc(C)n2n1. The Bertz CT molecular complexity index is 937. The van der Waals surface area contributed by atoms with Crippen molar-refractivity contribution >= 4 is 23.4 Å². The number of rotatable bonds is 6. The van der Waals surface area contributed by atoms with Crippen molar-refractivity contribution in [3.8, 4) is 0 Å². The fourth-order valence-corrected chi connectivity index (χ4v) is 3.67. The van der Waals surface area contributed by atoms with Gasteiger partial charge in [-0.15, -0.1) is 5.10 Å². The highest BCUT2D eigenvalue weighted by atomic mass is 32.2. The minimum absolute atomic E-state index is 0.0548. The van der Waals surface area contributed by atoms with Crippen LogP contribution in [0.2, 0.25) is 0 Å². The molecule has 0 N–H and O–H groups in total. The molecule has 0 aliphatic rings. The highest BCUT2D eigenvalue weighted by Gasteiger charge is 2.16. The molecular weight excluding hydrogens is 346 g/mol. The van der Waals surface area contributed by atoms with Crippen molar-refractivity contribution in [2.45, 2.75) is 38.1 Å². The molecule has 0 unspecified atom stereocenters. The molecule has 1 amide bonds. The van der Waals surface area contributed by atoms with E-state index in [9.17, 15) is 4.79 Å². The average molecular weight is 369 g/mol. The number of thioether (sulfide) groups is 1. The maximum absolute atomic E-state index is 12.7. The molecule has 3 rings (SSSR count). The monoisotopic (exact) mass is 369 g/mol. The Kier molecular flexibility index (Phi) is 5.56. The second-order valence-corrected chi connectivity index (χ2v) is 7.26. The summed E-state index contributed by atoms with van der Waals surface area (Å²) in [6.07, 6.45) is 0.941. The third-order valence-corrected chi connectivity index (χ3v) is 5.00. The second-order valence-electron chi connectivity index (χ2n) is 6.32. The van der Waals surface area contributed by atoms with Gasteiger partial charge < -0.3 is 4.90 Å². The lowest BCUT2D eigenvalue weighted by Gasteiger charge is -2.18. The first-order valence-electron chi connectivity index (χ1n) is 8.66. The van der Waals surface area contributed by atoms with Crippen LogP contribution in [0.4, 0.5) is 0 Å². The first kappa shape index (κ1) is 18.4. The van der Waals surface area contributed by atoms with Gasteiger partial charge in [0.05, 0.1) is 0 Å². The molecule has 0 atom stereocenters. The van der Waals surface area contributed by atoms with Gasteiger partial charge in [0.15, 0.2) is 0 Å². The fraction of sp³-hybridized carbons (Fsp3) is 0.368. The third-order valence-electron chi connectivity index (χ3n) is 4.11. The number of aryl methyl sites for hydroxylation is 2. The van der Waals surface area contributed by atoms with Crippen LogP contribution in [0.1, 0.15) is 40.7 Å². The average Bonchev–Trinajstić information content (AvgIpc) is 3.03. The normalized spacial score (nSPS) is 11.1. The number of hydrogen-bond acceptors (Lipinski definition) is 5. The van der Waals surface area contributed by atoms with Crippen molar-refractivity contribution in [2.24, 2.45) is 0 Å². The zero-order valence-electron chi connectivity index (χ0n) is 15.6. The van der Waals surface area contributed by atoms with Gasteiger partial charge in [-0.2, -0.15) is 4.98 Å². The first-order chi connectivity index (χ1) is 12.5. The first-order valence-corrected chi connectivity index (χ1v) is 9.65. The van der Waals surface area contributed by atoms with Crippen LogP contribution in [-0.4, -0.2) is 44.0 Å². The van der Waals surface area contributed by atoms with E-state index in [0.717, 1.165) is 35.5 Å². The van der Waals surface area contributed by atoms with Gasteiger partial charge in [0, 0.05) is 36.3 Å². The van der Waals surface area contributed by atoms with Crippen LogP contribution < -0.4 is 0 Å². The molecule has 1 aromatic carbocycles. The van der Waals surface area contributed by atoms with Crippen molar-refractivity contribution in [3.05, 3.63) is 52.8 Å². The van der Waals surface area contributed by atoms with E-state index in [0.29, 0.717) is 16.7 Å². The number of hydrogen-bond donors (Lipinski definition) is 0. The maximum Gasteiger partial charge on any atom is 0.253 e. The quantitative estimate of drug-likeness (QED) is 0.622. The molecule has 0 bridgehead atoms. The number of amides is 1. The van der Waals surface area contributed by atoms with Crippen LogP contribution in [0.15, 0.2) is 35.5 Å². The van der Waals surface area contributed by atoms with Gasteiger partial charge in [0.25, 0.3) is 11.7 Å². The van der Waals surface area contributed by atoms with E-state index in [-0.39, 0.29) is 5.91 Å². The number of nitrogens with zero attached hydrogens (tertiary/aromatic N) is 5. The molecule has 0 aliphatic carbocycles. The molecule has 0 fully saturated rings. The van der Waals surface area contributed by atoms with Crippen molar-refractivity contribution in [3.63, 3.8) is 0 Å². The second kappa shape index (κ2) is 7.86. The van der Waals surface area contributed by atoms with Gasteiger partial charge in [0.1, 0.15) is 0 Å². The molecule has 6 nitrogen and oxygen atoms in total. The van der Waals surface area contributed by atoms with Crippen LogP contribution in [0.5, 0.6) is 0 Å². The molecule has 2 heterocycles. The van der Waals surface area contributed by atoms with Crippen LogP contribution in [-0.2, 0) is 5.75 Å². The van der Waals surface area contributed by atoms with Gasteiger partial charge in [0.2, 0.25) is 5.16 Å². The molecule has 7 heteroatoms. The molecule has 2 aromatic heterocycles. The van der Waals surface area contributed by atoms with E-state index in [1.54, 1.807) is 9.42 Å². The van der Waals surface area contributed by atoms with Crippen molar-refractivity contribution < 1.29 is 4.79 Å². The van der Waals surface area contributed by atoms with Gasteiger partial charge in [-0.3, -0.25) is 4.79 Å². The highest BCUT2D eigenvalue weighted by molar-refractivity contribution is 7.98. The Morgan fingerprint density at radius 2 is 2.00 bits per heavy atom. The lowest BCUT2D eigenvalue weighted by atomic mass is 10.1. The van der Waals surface area contributed by atoms with Crippen LogP contribution in [0.25, 0.3) is 5.78 Å². The number of carbonyl (C=O) groups excluding carboxylic acids is 1. The minimum atomic E-state index is 0.0548. The molecule has 0 saturated carbocycles. The van der Waals surface area contributed by atoms with E-state index >= 15 is 0 Å². The smallest absolute Gasteiger partial charge is 0.253 e. The Balaban J connectivity index is 1.80. The van der Waals surface area contributed by atoms with Gasteiger partial charge in [-0.25, -0.2) is 9.50 Å². The summed E-state index contributed by atoms with van der Waals surface area (Å²) in [7, 11) is 1.84. The molecule has 0 spiro atoms. The van der Waals surface area contributed by atoms with E-state index in [1.165, 1.54) is 11.8 Å². The van der Waals surface area contributed by atoms with Gasteiger partial charge >= 0.3 is 0 Å². The number of carbonyl (C=O) groups is 1. The summed E-state index contributed by atoms with van der Waals surface area (Å²) < 4.78 is 1.75. The summed E-state index contributed by atoms with van der Waals surface area (Å²) in [6, 6.07) is 9.72. The summed E-state index contributed by atoms with van der Waals surface area (Å²) in [5, 5.41) is 5.18. The molecule has 26 heavy (non-hydrogen) atoms. The summed E-state index contributed by atoms with van der Waals surface area (Å²) >= 11 is 1.52. The Hall–Kier alpha value is -2.41. The number of fused-ring (bicyclic) bond motifs is 1. The van der Waals surface area contributed by atoms with E-state index in [4.69, 9.17) is 0 Å². The minimum Gasteiger partial charge on any atom is -0.342 e. The van der Waals surface area contributed by atoms with E-state index < -0.39 is 0 Å². The Morgan fingerprint density at radius 3 is 2.77 bits per heavy atom. The number of aromatic nitrogens is 4. The highest BCUT2D eigenvalue weighted by Crippen LogP contribution is 2.23. The summed E-state index contributed by atoms with van der Waals surface area (Å²) in [5.74, 6) is 1.30. The van der Waals surface area contributed by atoms with Crippen molar-refractivity contribution in [2.75, 3.05) is 13.6 Å². The Morgan fingerprint density at radius 1 is 1.23 bits per heavy atom. The number of benzene rings is 1. The van der Waals surface area contributed by atoms with Gasteiger partial charge in [-0.1, -0.05) is 36.9 Å². The maximum atomic E-state index is 12.7. The third kappa shape index (κ3) is 3.88. The molecule has 3 aromatic rings. The topological polar surface area (TPSA) is 63.4 Å². The summed E-state index contributed by atoms with van der Waals surface area (Å²) in [6.45, 7) is 6.75. The standard InChI is InChI=1S/C19H23N5OS/c1-5-10-23(4)17(25)16-9-7-6-8-15(16)12-26-19-21-18-20-13(2)11-14(3)24(18)22-19/h6-9,11H,5,10,12H2,1-4H3. The zero-order valence-corrected chi connectivity index (χ0v) is 16.4. The lowest BCUT2D eigenvalue weighted by molar-refractivity contribution is 0.0794. The molecule has 136 valence electrons.